The zero-order valence-electron chi connectivity index (χ0n) is 17.3. The fourth-order valence-corrected chi connectivity index (χ4v) is 3.99. The lowest BCUT2D eigenvalue weighted by Crippen LogP contribution is -2.45. The zero-order chi connectivity index (χ0) is 22.8. The van der Waals surface area contributed by atoms with E-state index in [0.717, 1.165) is 10.5 Å². The first-order valence-electron chi connectivity index (χ1n) is 10.1. The molecule has 3 amide bonds. The molecule has 1 heterocycles. The van der Waals surface area contributed by atoms with Gasteiger partial charge in [0.25, 0.3) is 11.8 Å². The number of benzene rings is 3. The molecule has 32 heavy (non-hydrogen) atoms. The van der Waals surface area contributed by atoms with Gasteiger partial charge in [-0.3, -0.25) is 14.4 Å². The van der Waals surface area contributed by atoms with Gasteiger partial charge in [0.2, 0.25) is 5.91 Å². The number of amides is 3. The number of nitrogens with zero attached hydrogens (tertiary/aromatic N) is 2. The van der Waals surface area contributed by atoms with E-state index in [9.17, 15) is 18.8 Å². The molecule has 162 valence electrons. The molecular formula is C25H20ClFN2O3. The Morgan fingerprint density at radius 3 is 2.47 bits per heavy atom. The van der Waals surface area contributed by atoms with E-state index in [1.165, 1.54) is 29.2 Å². The fraction of sp³-hybridized carbons (Fsp3) is 0.160. The van der Waals surface area contributed by atoms with Crippen molar-refractivity contribution in [3.8, 4) is 0 Å². The van der Waals surface area contributed by atoms with Gasteiger partial charge in [-0.2, -0.15) is 0 Å². The number of hydrogen-bond donors (Lipinski definition) is 0. The van der Waals surface area contributed by atoms with Gasteiger partial charge in [0.05, 0.1) is 12.1 Å². The van der Waals surface area contributed by atoms with Crippen LogP contribution in [0.5, 0.6) is 0 Å². The topological polar surface area (TPSA) is 57.7 Å². The lowest BCUT2D eigenvalue weighted by atomic mass is 10.1. The Morgan fingerprint density at radius 1 is 1.06 bits per heavy atom. The second-order valence-corrected chi connectivity index (χ2v) is 8.06. The van der Waals surface area contributed by atoms with Crippen LogP contribution in [-0.4, -0.2) is 28.7 Å². The summed E-state index contributed by atoms with van der Waals surface area (Å²) in [7, 11) is 0. The third-order valence-corrected chi connectivity index (χ3v) is 5.78. The number of aryl methyl sites for hydroxylation is 1. The third-order valence-electron chi connectivity index (χ3n) is 5.41. The maximum Gasteiger partial charge on any atom is 0.257 e. The van der Waals surface area contributed by atoms with Crippen LogP contribution in [0.3, 0.4) is 0 Å². The first kappa shape index (κ1) is 21.7. The maximum atomic E-state index is 13.5. The summed E-state index contributed by atoms with van der Waals surface area (Å²) in [5, 5.41) is 0.460. The number of imide groups is 1. The van der Waals surface area contributed by atoms with E-state index in [4.69, 9.17) is 11.6 Å². The molecule has 7 heteroatoms. The molecule has 1 aliphatic rings. The van der Waals surface area contributed by atoms with Gasteiger partial charge in [0, 0.05) is 17.1 Å². The van der Waals surface area contributed by atoms with Crippen LogP contribution in [0.25, 0.3) is 0 Å². The molecule has 0 spiro atoms. The normalized spacial score (nSPS) is 15.8. The van der Waals surface area contributed by atoms with Gasteiger partial charge in [0.15, 0.2) is 0 Å². The van der Waals surface area contributed by atoms with E-state index in [0.29, 0.717) is 16.1 Å². The van der Waals surface area contributed by atoms with Crippen LogP contribution in [0.15, 0.2) is 72.8 Å². The van der Waals surface area contributed by atoms with Gasteiger partial charge < -0.3 is 4.90 Å². The largest absolute Gasteiger partial charge is 0.322 e. The minimum atomic E-state index is -1.00. The first-order valence-corrected chi connectivity index (χ1v) is 10.5. The van der Waals surface area contributed by atoms with Crippen molar-refractivity contribution in [3.05, 3.63) is 100 Å². The molecule has 3 aromatic carbocycles. The quantitative estimate of drug-likeness (QED) is 0.526. The summed E-state index contributed by atoms with van der Waals surface area (Å²) in [5.41, 5.74) is 2.24. The second kappa shape index (κ2) is 8.93. The minimum Gasteiger partial charge on any atom is -0.322 e. The summed E-state index contributed by atoms with van der Waals surface area (Å²) in [6.07, 6.45) is -0.168. The Hall–Kier alpha value is -3.51. The Morgan fingerprint density at radius 2 is 1.78 bits per heavy atom. The van der Waals surface area contributed by atoms with Crippen LogP contribution in [0.4, 0.5) is 10.1 Å². The average molecular weight is 451 g/mol. The molecule has 0 aromatic heterocycles. The fourth-order valence-electron chi connectivity index (χ4n) is 3.80. The van der Waals surface area contributed by atoms with E-state index in [1.807, 2.05) is 13.0 Å². The SMILES string of the molecule is Cc1cccc(C(=O)N(Cc2ccccc2Cl)C2CC(=O)N(c3ccc(F)cc3)C2=O)c1. The highest BCUT2D eigenvalue weighted by atomic mass is 35.5. The summed E-state index contributed by atoms with van der Waals surface area (Å²) in [6, 6.07) is 18.2. The molecule has 4 rings (SSSR count). The lowest BCUT2D eigenvalue weighted by Gasteiger charge is -2.28. The lowest BCUT2D eigenvalue weighted by molar-refractivity contribution is -0.122. The molecule has 1 aliphatic heterocycles. The molecule has 1 atom stereocenters. The predicted molar refractivity (Wildman–Crippen MR) is 120 cm³/mol. The molecule has 0 radical (unpaired) electrons. The Kier molecular flexibility index (Phi) is 6.06. The molecule has 0 aliphatic carbocycles. The van der Waals surface area contributed by atoms with Crippen molar-refractivity contribution in [1.29, 1.82) is 0 Å². The van der Waals surface area contributed by atoms with E-state index in [2.05, 4.69) is 0 Å². The van der Waals surface area contributed by atoms with Crippen LogP contribution in [-0.2, 0) is 16.1 Å². The maximum absolute atomic E-state index is 13.5. The molecule has 0 saturated carbocycles. The number of rotatable bonds is 5. The van der Waals surface area contributed by atoms with Crippen molar-refractivity contribution in [2.45, 2.75) is 25.9 Å². The molecule has 1 fully saturated rings. The Bertz CT molecular complexity index is 1200. The number of anilines is 1. The van der Waals surface area contributed by atoms with E-state index in [1.54, 1.807) is 42.5 Å². The first-order chi connectivity index (χ1) is 15.3. The van der Waals surface area contributed by atoms with Crippen molar-refractivity contribution in [2.75, 3.05) is 4.90 Å². The number of halogens is 2. The molecule has 5 nitrogen and oxygen atoms in total. The minimum absolute atomic E-state index is 0.0629. The van der Waals surface area contributed by atoms with Crippen LogP contribution in [0, 0.1) is 12.7 Å². The Balaban J connectivity index is 1.71. The van der Waals surface area contributed by atoms with Crippen LogP contribution in [0.1, 0.15) is 27.9 Å². The number of carbonyl (C=O) groups is 3. The van der Waals surface area contributed by atoms with E-state index >= 15 is 0 Å². The second-order valence-electron chi connectivity index (χ2n) is 7.66. The van der Waals surface area contributed by atoms with Crippen molar-refractivity contribution in [2.24, 2.45) is 0 Å². The van der Waals surface area contributed by atoms with Gasteiger partial charge in [-0.15, -0.1) is 0 Å². The van der Waals surface area contributed by atoms with Crippen LogP contribution in [0.2, 0.25) is 5.02 Å². The summed E-state index contributed by atoms with van der Waals surface area (Å²) in [5.74, 6) is -1.83. The predicted octanol–water partition coefficient (Wildman–Crippen LogP) is 4.76. The summed E-state index contributed by atoms with van der Waals surface area (Å²) in [4.78, 5) is 42.0. The monoisotopic (exact) mass is 450 g/mol. The van der Waals surface area contributed by atoms with Gasteiger partial charge in [-0.1, -0.05) is 47.5 Å². The smallest absolute Gasteiger partial charge is 0.257 e. The zero-order valence-corrected chi connectivity index (χ0v) is 18.1. The van der Waals surface area contributed by atoms with Crippen molar-refractivity contribution >= 4 is 35.0 Å². The van der Waals surface area contributed by atoms with Gasteiger partial charge in [-0.25, -0.2) is 9.29 Å². The van der Waals surface area contributed by atoms with Crippen molar-refractivity contribution in [3.63, 3.8) is 0 Å². The summed E-state index contributed by atoms with van der Waals surface area (Å²) >= 11 is 6.32. The highest BCUT2D eigenvalue weighted by molar-refractivity contribution is 6.31. The van der Waals surface area contributed by atoms with E-state index < -0.39 is 23.7 Å². The molecule has 1 unspecified atom stereocenters. The summed E-state index contributed by atoms with van der Waals surface area (Å²) < 4.78 is 13.3. The van der Waals surface area contributed by atoms with E-state index in [-0.39, 0.29) is 24.6 Å². The van der Waals surface area contributed by atoms with Gasteiger partial charge >= 0.3 is 0 Å². The third kappa shape index (κ3) is 4.27. The Labute approximate surface area is 190 Å². The molecule has 3 aromatic rings. The molecular weight excluding hydrogens is 431 g/mol. The molecule has 1 saturated heterocycles. The van der Waals surface area contributed by atoms with Gasteiger partial charge in [-0.05, 0) is 55.0 Å². The molecule has 0 bridgehead atoms. The van der Waals surface area contributed by atoms with Crippen LogP contribution >= 0.6 is 11.6 Å². The highest BCUT2D eigenvalue weighted by Gasteiger charge is 2.44. The molecule has 0 N–H and O–H groups in total. The highest BCUT2D eigenvalue weighted by Crippen LogP contribution is 2.29. The summed E-state index contributed by atoms with van der Waals surface area (Å²) in [6.45, 7) is 1.93. The van der Waals surface area contributed by atoms with Gasteiger partial charge in [0.1, 0.15) is 11.9 Å². The van der Waals surface area contributed by atoms with Crippen molar-refractivity contribution < 1.29 is 18.8 Å². The van der Waals surface area contributed by atoms with Crippen LogP contribution < -0.4 is 4.90 Å². The standard InChI is InChI=1S/C25H20ClFN2O3/c1-16-5-4-7-17(13-16)24(31)28(15-18-6-2-3-8-21(18)26)22-14-23(30)29(25(22)32)20-11-9-19(27)10-12-20/h2-13,22H,14-15H2,1H3. The number of carbonyl (C=O) groups excluding carboxylic acids is 3. The van der Waals surface area contributed by atoms with Crippen molar-refractivity contribution in [1.82, 2.24) is 4.90 Å². The average Bonchev–Trinajstić information content (AvgIpc) is 3.07. The number of hydrogen-bond acceptors (Lipinski definition) is 3.